The predicted molar refractivity (Wildman–Crippen MR) is 107 cm³/mol. The van der Waals surface area contributed by atoms with E-state index in [4.69, 9.17) is 0 Å². The quantitative estimate of drug-likeness (QED) is 0.523. The number of hydrogen-bond acceptors (Lipinski definition) is 5. The zero-order chi connectivity index (χ0) is 21.1. The molecule has 2 N–H and O–H groups in total. The monoisotopic (exact) mass is 408 g/mol. The van der Waals surface area contributed by atoms with Crippen LogP contribution in [0.1, 0.15) is 10.4 Å². The van der Waals surface area contributed by atoms with Crippen LogP contribution in [0.2, 0.25) is 0 Å². The first kappa shape index (κ1) is 19.2. The van der Waals surface area contributed by atoms with Gasteiger partial charge in [-0.1, -0.05) is 24.3 Å². The normalized spacial score (nSPS) is 10.9. The van der Waals surface area contributed by atoms with E-state index in [2.05, 4.69) is 25.0 Å². The van der Waals surface area contributed by atoms with Gasteiger partial charge in [0.1, 0.15) is 17.4 Å². The lowest BCUT2D eigenvalue weighted by molar-refractivity contribution is -0.0498. The lowest BCUT2D eigenvalue weighted by atomic mass is 10.1. The summed E-state index contributed by atoms with van der Waals surface area (Å²) in [6.07, 6.45) is 1.54. The van der Waals surface area contributed by atoms with Crippen LogP contribution in [0.5, 0.6) is 5.75 Å². The molecule has 1 amide bonds. The molecule has 4 aromatic rings. The molecule has 4 rings (SSSR count). The summed E-state index contributed by atoms with van der Waals surface area (Å²) >= 11 is 0. The molecule has 2 aromatic carbocycles. The van der Waals surface area contributed by atoms with Crippen molar-refractivity contribution >= 4 is 22.6 Å². The summed E-state index contributed by atoms with van der Waals surface area (Å²) in [5, 5.41) is 2.87. The fourth-order valence-corrected chi connectivity index (χ4v) is 2.92. The molecule has 7 nitrogen and oxygen atoms in total. The highest BCUT2D eigenvalue weighted by Gasteiger charge is 2.16. The van der Waals surface area contributed by atoms with Gasteiger partial charge in [-0.3, -0.25) is 9.59 Å². The van der Waals surface area contributed by atoms with Crippen molar-refractivity contribution in [2.24, 2.45) is 0 Å². The molecule has 150 valence electrons. The number of fused-ring (bicyclic) bond motifs is 1. The smallest absolute Gasteiger partial charge is 0.387 e. The Morgan fingerprint density at radius 3 is 2.67 bits per heavy atom. The zero-order valence-electron chi connectivity index (χ0n) is 15.3. The van der Waals surface area contributed by atoms with E-state index >= 15 is 0 Å². The Bertz CT molecular complexity index is 1280. The molecule has 0 spiro atoms. The number of aromatic amines is 1. The Labute approximate surface area is 168 Å². The number of nitrogens with one attached hydrogen (secondary N) is 2. The first-order chi connectivity index (χ1) is 14.5. The van der Waals surface area contributed by atoms with Crippen LogP contribution in [-0.4, -0.2) is 27.5 Å². The molecule has 0 atom stereocenters. The maximum atomic E-state index is 12.8. The number of pyridine rings is 1. The lowest BCUT2D eigenvalue weighted by Gasteiger charge is -2.09. The van der Waals surface area contributed by atoms with Crippen LogP contribution < -0.4 is 15.6 Å². The molecule has 0 aliphatic rings. The van der Waals surface area contributed by atoms with E-state index in [1.807, 2.05) is 0 Å². The summed E-state index contributed by atoms with van der Waals surface area (Å²) in [5.41, 5.74) is 0.227. The van der Waals surface area contributed by atoms with Gasteiger partial charge < -0.3 is 15.0 Å². The van der Waals surface area contributed by atoms with Crippen LogP contribution in [0, 0.1) is 0 Å². The summed E-state index contributed by atoms with van der Waals surface area (Å²) in [6.45, 7) is -2.98. The van der Waals surface area contributed by atoms with Gasteiger partial charge >= 0.3 is 6.61 Å². The van der Waals surface area contributed by atoms with Crippen molar-refractivity contribution in [3.63, 3.8) is 0 Å². The van der Waals surface area contributed by atoms with Crippen molar-refractivity contribution in [2.75, 3.05) is 5.32 Å². The number of carbonyl (C=O) groups excluding carboxylic acids is 1. The van der Waals surface area contributed by atoms with E-state index in [1.165, 1.54) is 30.5 Å². The average Bonchev–Trinajstić information content (AvgIpc) is 2.74. The highest BCUT2D eigenvalue weighted by Crippen LogP contribution is 2.24. The number of hydrogen-bond donors (Lipinski definition) is 2. The molecular formula is C21H14F2N4O3. The van der Waals surface area contributed by atoms with Crippen molar-refractivity contribution in [3.8, 4) is 17.1 Å². The molecule has 2 heterocycles. The Morgan fingerprint density at radius 1 is 1.07 bits per heavy atom. The Morgan fingerprint density at radius 2 is 1.90 bits per heavy atom. The zero-order valence-corrected chi connectivity index (χ0v) is 15.3. The van der Waals surface area contributed by atoms with Gasteiger partial charge in [0.05, 0.1) is 16.5 Å². The summed E-state index contributed by atoms with van der Waals surface area (Å²) < 4.78 is 29.4. The first-order valence-corrected chi connectivity index (χ1v) is 8.82. The van der Waals surface area contributed by atoms with Crippen LogP contribution in [-0.2, 0) is 0 Å². The van der Waals surface area contributed by atoms with Crippen LogP contribution in [0.25, 0.3) is 22.3 Å². The maximum Gasteiger partial charge on any atom is 0.387 e. The number of alkyl halides is 2. The van der Waals surface area contributed by atoms with Gasteiger partial charge in [0.2, 0.25) is 0 Å². The highest BCUT2D eigenvalue weighted by atomic mass is 19.3. The van der Waals surface area contributed by atoms with E-state index < -0.39 is 18.1 Å². The number of amides is 1. The molecule has 0 saturated carbocycles. The van der Waals surface area contributed by atoms with Gasteiger partial charge in [-0.05, 0) is 36.4 Å². The van der Waals surface area contributed by atoms with Crippen molar-refractivity contribution in [1.29, 1.82) is 0 Å². The highest BCUT2D eigenvalue weighted by molar-refractivity contribution is 6.11. The summed E-state index contributed by atoms with van der Waals surface area (Å²) in [7, 11) is 0. The molecule has 0 aliphatic heterocycles. The van der Waals surface area contributed by atoms with Gasteiger partial charge in [-0.15, -0.1) is 0 Å². The second kappa shape index (κ2) is 8.08. The summed E-state index contributed by atoms with van der Waals surface area (Å²) in [6, 6.07) is 15.5. The largest absolute Gasteiger partial charge is 0.435 e. The second-order valence-electron chi connectivity index (χ2n) is 6.19. The third-order valence-electron chi connectivity index (χ3n) is 4.22. The molecule has 0 aliphatic carbocycles. The first-order valence-electron chi connectivity index (χ1n) is 8.82. The van der Waals surface area contributed by atoms with Crippen molar-refractivity contribution in [3.05, 3.63) is 82.8 Å². The minimum atomic E-state index is -2.98. The summed E-state index contributed by atoms with van der Waals surface area (Å²) in [5.74, 6) is -0.101. The Balaban J connectivity index is 1.78. The number of benzene rings is 2. The minimum Gasteiger partial charge on any atom is -0.435 e. The third-order valence-corrected chi connectivity index (χ3v) is 4.22. The minimum absolute atomic E-state index is 0.0774. The van der Waals surface area contributed by atoms with E-state index in [1.54, 1.807) is 36.4 Å². The molecule has 0 bridgehead atoms. The summed E-state index contributed by atoms with van der Waals surface area (Å²) in [4.78, 5) is 36.4. The molecule has 0 radical (unpaired) electrons. The van der Waals surface area contributed by atoms with Gasteiger partial charge in [0, 0.05) is 11.8 Å². The molecular weight excluding hydrogens is 394 g/mol. The number of ether oxygens (including phenoxy) is 1. The van der Waals surface area contributed by atoms with E-state index in [0.717, 1.165) is 0 Å². The number of aromatic nitrogens is 3. The van der Waals surface area contributed by atoms with Gasteiger partial charge in [-0.25, -0.2) is 9.97 Å². The molecule has 2 aromatic heterocycles. The lowest BCUT2D eigenvalue weighted by Crippen LogP contribution is -2.16. The van der Waals surface area contributed by atoms with E-state index in [-0.39, 0.29) is 28.0 Å². The Kier molecular flexibility index (Phi) is 5.17. The number of H-pyrrole nitrogens is 1. The third kappa shape index (κ3) is 4.00. The fourth-order valence-electron chi connectivity index (χ4n) is 2.92. The molecule has 0 unspecified atom stereocenters. The average molecular weight is 408 g/mol. The standard InChI is InChI=1S/C21H14F2N4O3/c22-21(23)30-13-6-3-5-12(11-13)18-26-17-14(7-4-8-15(17)20(29)27-18)19(28)25-16-9-1-2-10-24-16/h1-11,21H,(H,24,25,28)(H,26,27,29). The number of carbonyl (C=O) groups is 1. The SMILES string of the molecule is O=C(Nc1ccccn1)c1cccc2c(=O)[nH]c(-c3cccc(OC(F)F)c3)nc12. The van der Waals surface area contributed by atoms with Crippen molar-refractivity contribution in [2.45, 2.75) is 6.61 Å². The molecule has 0 fully saturated rings. The van der Waals surface area contributed by atoms with E-state index in [0.29, 0.717) is 11.4 Å². The predicted octanol–water partition coefficient (Wildman–Crippen LogP) is 3.84. The van der Waals surface area contributed by atoms with Crippen LogP contribution in [0.15, 0.2) is 71.7 Å². The van der Waals surface area contributed by atoms with Crippen LogP contribution in [0.3, 0.4) is 0 Å². The van der Waals surface area contributed by atoms with Crippen LogP contribution >= 0.6 is 0 Å². The van der Waals surface area contributed by atoms with Crippen LogP contribution in [0.4, 0.5) is 14.6 Å². The number of halogens is 2. The molecule has 30 heavy (non-hydrogen) atoms. The van der Waals surface area contributed by atoms with Crippen molar-refractivity contribution < 1.29 is 18.3 Å². The number of rotatable bonds is 5. The number of nitrogens with zero attached hydrogens (tertiary/aromatic N) is 2. The molecule has 0 saturated heterocycles. The van der Waals surface area contributed by atoms with Crippen molar-refractivity contribution in [1.82, 2.24) is 15.0 Å². The fraction of sp³-hybridized carbons (Fsp3) is 0.0476. The van der Waals surface area contributed by atoms with Gasteiger partial charge in [0.25, 0.3) is 11.5 Å². The number of anilines is 1. The molecule has 9 heteroatoms. The maximum absolute atomic E-state index is 12.8. The van der Waals surface area contributed by atoms with Gasteiger partial charge in [-0.2, -0.15) is 8.78 Å². The Hall–Kier alpha value is -4.14. The van der Waals surface area contributed by atoms with E-state index in [9.17, 15) is 18.4 Å². The second-order valence-corrected chi connectivity index (χ2v) is 6.19. The van der Waals surface area contributed by atoms with Gasteiger partial charge in [0.15, 0.2) is 0 Å². The topological polar surface area (TPSA) is 97.0 Å². The number of para-hydroxylation sites is 1.